The van der Waals surface area contributed by atoms with Gasteiger partial charge in [0.25, 0.3) is 0 Å². The number of nitrogens with one attached hydrogen (secondary N) is 1. The van der Waals surface area contributed by atoms with Gasteiger partial charge in [0, 0.05) is 13.0 Å². The molecule has 0 amide bonds. The van der Waals surface area contributed by atoms with E-state index in [0.717, 1.165) is 5.56 Å². The van der Waals surface area contributed by atoms with Crippen molar-refractivity contribution in [2.45, 2.75) is 38.3 Å². The zero-order valence-corrected chi connectivity index (χ0v) is 14.4. The Morgan fingerprint density at radius 2 is 2.04 bits per heavy atom. The SMILES string of the molecule is Cc1ccc(CNc2ncnc3c2ncn3[C@H]2C[C@@H](O)[C@@H](CO)O2)cc1. The Morgan fingerprint density at radius 3 is 2.77 bits per heavy atom. The first-order chi connectivity index (χ1) is 12.7. The van der Waals surface area contributed by atoms with Gasteiger partial charge < -0.3 is 20.3 Å². The third kappa shape index (κ3) is 3.14. The van der Waals surface area contributed by atoms with Gasteiger partial charge in [-0.15, -0.1) is 0 Å². The monoisotopic (exact) mass is 355 g/mol. The first-order valence-corrected chi connectivity index (χ1v) is 8.57. The molecule has 0 saturated carbocycles. The van der Waals surface area contributed by atoms with Gasteiger partial charge in [0.1, 0.15) is 18.7 Å². The topological polar surface area (TPSA) is 105 Å². The molecule has 0 aliphatic carbocycles. The van der Waals surface area contributed by atoms with E-state index in [1.807, 2.05) is 0 Å². The Morgan fingerprint density at radius 1 is 1.23 bits per heavy atom. The molecule has 8 nitrogen and oxygen atoms in total. The number of rotatable bonds is 5. The van der Waals surface area contributed by atoms with Crippen molar-refractivity contribution in [3.63, 3.8) is 0 Å². The van der Waals surface area contributed by atoms with Crippen LogP contribution in [0.25, 0.3) is 11.2 Å². The summed E-state index contributed by atoms with van der Waals surface area (Å²) in [4.78, 5) is 13.0. The van der Waals surface area contributed by atoms with Crippen LogP contribution in [-0.2, 0) is 11.3 Å². The van der Waals surface area contributed by atoms with Crippen molar-refractivity contribution in [3.8, 4) is 0 Å². The fraction of sp³-hybridized carbons (Fsp3) is 0.389. The lowest BCUT2D eigenvalue weighted by atomic mass is 10.1. The lowest BCUT2D eigenvalue weighted by Crippen LogP contribution is -2.24. The quantitative estimate of drug-likeness (QED) is 0.635. The number of aliphatic hydroxyl groups is 2. The summed E-state index contributed by atoms with van der Waals surface area (Å²) in [7, 11) is 0. The van der Waals surface area contributed by atoms with Crippen LogP contribution in [0.5, 0.6) is 0 Å². The summed E-state index contributed by atoms with van der Waals surface area (Å²) in [5.41, 5.74) is 3.64. The van der Waals surface area contributed by atoms with E-state index < -0.39 is 18.4 Å². The second-order valence-corrected chi connectivity index (χ2v) is 6.50. The van der Waals surface area contributed by atoms with Crippen LogP contribution < -0.4 is 5.32 Å². The molecule has 8 heteroatoms. The van der Waals surface area contributed by atoms with Crippen molar-refractivity contribution < 1.29 is 14.9 Å². The third-order valence-corrected chi connectivity index (χ3v) is 4.63. The minimum atomic E-state index is -0.705. The third-order valence-electron chi connectivity index (χ3n) is 4.63. The molecule has 3 heterocycles. The van der Waals surface area contributed by atoms with Crippen LogP contribution in [0.4, 0.5) is 5.82 Å². The van der Waals surface area contributed by atoms with E-state index in [1.165, 1.54) is 11.9 Å². The van der Waals surface area contributed by atoms with Crippen LogP contribution in [0, 0.1) is 6.92 Å². The first kappa shape index (κ1) is 16.9. The number of aliphatic hydroxyl groups excluding tert-OH is 2. The number of ether oxygens (including phenoxy) is 1. The normalized spacial score (nSPS) is 22.8. The maximum absolute atomic E-state index is 9.95. The highest BCUT2D eigenvalue weighted by molar-refractivity contribution is 5.82. The van der Waals surface area contributed by atoms with Gasteiger partial charge in [-0.25, -0.2) is 15.0 Å². The minimum absolute atomic E-state index is 0.220. The molecule has 3 atom stereocenters. The maximum Gasteiger partial charge on any atom is 0.167 e. The fourth-order valence-electron chi connectivity index (χ4n) is 3.13. The summed E-state index contributed by atoms with van der Waals surface area (Å²) in [5.74, 6) is 0.645. The van der Waals surface area contributed by atoms with E-state index in [9.17, 15) is 10.2 Å². The number of fused-ring (bicyclic) bond motifs is 1. The Labute approximate surface area is 150 Å². The highest BCUT2D eigenvalue weighted by Gasteiger charge is 2.35. The largest absolute Gasteiger partial charge is 0.394 e. The molecule has 1 saturated heterocycles. The molecule has 3 aromatic rings. The first-order valence-electron chi connectivity index (χ1n) is 8.57. The molecular formula is C18H21N5O3. The molecule has 2 aromatic heterocycles. The predicted molar refractivity (Wildman–Crippen MR) is 95.4 cm³/mol. The van der Waals surface area contributed by atoms with Gasteiger partial charge in [-0.3, -0.25) is 4.57 Å². The molecule has 1 aliphatic heterocycles. The van der Waals surface area contributed by atoms with E-state index in [4.69, 9.17) is 4.74 Å². The van der Waals surface area contributed by atoms with Crippen LogP contribution in [0.1, 0.15) is 23.8 Å². The van der Waals surface area contributed by atoms with Crippen molar-refractivity contribution in [2.24, 2.45) is 0 Å². The number of nitrogens with zero attached hydrogens (tertiary/aromatic N) is 4. The number of aromatic nitrogens is 4. The molecule has 0 radical (unpaired) electrons. The van der Waals surface area contributed by atoms with E-state index in [2.05, 4.69) is 51.5 Å². The van der Waals surface area contributed by atoms with Gasteiger partial charge in [0.15, 0.2) is 17.0 Å². The van der Waals surface area contributed by atoms with Gasteiger partial charge in [0.2, 0.25) is 0 Å². The van der Waals surface area contributed by atoms with E-state index in [1.54, 1.807) is 10.9 Å². The fourth-order valence-corrected chi connectivity index (χ4v) is 3.13. The predicted octanol–water partition coefficient (Wildman–Crippen LogP) is 1.39. The molecule has 4 rings (SSSR count). The standard InChI is InChI=1S/C18H21N5O3/c1-11-2-4-12(5-3-11)7-19-17-16-18(21-9-20-17)23(10-22-16)15-6-13(25)14(8-24)26-15/h2-5,9-10,13-15,24-25H,6-8H2,1H3,(H,19,20,21)/t13-,14-,15-/m1/s1. The smallest absolute Gasteiger partial charge is 0.167 e. The molecule has 1 fully saturated rings. The second-order valence-electron chi connectivity index (χ2n) is 6.50. The van der Waals surface area contributed by atoms with Gasteiger partial charge in [-0.2, -0.15) is 0 Å². The zero-order valence-electron chi connectivity index (χ0n) is 14.4. The number of benzene rings is 1. The van der Waals surface area contributed by atoms with E-state index in [-0.39, 0.29) is 6.61 Å². The van der Waals surface area contributed by atoms with Crippen molar-refractivity contribution in [1.29, 1.82) is 0 Å². The molecule has 0 bridgehead atoms. The number of hydrogen-bond donors (Lipinski definition) is 3. The van der Waals surface area contributed by atoms with Crippen LogP contribution in [0.15, 0.2) is 36.9 Å². The molecule has 26 heavy (non-hydrogen) atoms. The van der Waals surface area contributed by atoms with E-state index in [0.29, 0.717) is 29.9 Å². The number of anilines is 1. The summed E-state index contributed by atoms with van der Waals surface area (Å²) >= 11 is 0. The molecule has 1 aliphatic rings. The zero-order chi connectivity index (χ0) is 18.1. The lowest BCUT2D eigenvalue weighted by molar-refractivity contribution is -0.0432. The van der Waals surface area contributed by atoms with Crippen molar-refractivity contribution in [2.75, 3.05) is 11.9 Å². The Kier molecular flexibility index (Phi) is 4.54. The van der Waals surface area contributed by atoms with E-state index >= 15 is 0 Å². The van der Waals surface area contributed by atoms with Crippen molar-refractivity contribution >= 4 is 17.0 Å². The molecule has 3 N–H and O–H groups in total. The van der Waals surface area contributed by atoms with Crippen LogP contribution in [0.3, 0.4) is 0 Å². The maximum atomic E-state index is 9.95. The number of aryl methyl sites for hydroxylation is 1. The summed E-state index contributed by atoms with van der Waals surface area (Å²) in [5, 5.41) is 22.5. The van der Waals surface area contributed by atoms with Gasteiger partial charge in [0.05, 0.1) is 19.0 Å². The summed E-state index contributed by atoms with van der Waals surface area (Å²) in [6.07, 6.45) is 1.79. The molecule has 0 spiro atoms. The molecule has 136 valence electrons. The number of imidazole rings is 1. The van der Waals surface area contributed by atoms with Gasteiger partial charge in [-0.05, 0) is 12.5 Å². The minimum Gasteiger partial charge on any atom is -0.394 e. The second kappa shape index (κ2) is 6.99. The molecule has 0 unspecified atom stereocenters. The highest BCUT2D eigenvalue weighted by Crippen LogP contribution is 2.31. The Hall–Kier alpha value is -2.55. The van der Waals surface area contributed by atoms with Crippen LogP contribution >= 0.6 is 0 Å². The summed E-state index contributed by atoms with van der Waals surface area (Å²) < 4.78 is 7.47. The lowest BCUT2D eigenvalue weighted by Gasteiger charge is -2.13. The van der Waals surface area contributed by atoms with Crippen LogP contribution in [-0.4, -0.2) is 48.5 Å². The number of hydrogen-bond acceptors (Lipinski definition) is 7. The van der Waals surface area contributed by atoms with Gasteiger partial charge >= 0.3 is 0 Å². The van der Waals surface area contributed by atoms with Crippen molar-refractivity contribution in [3.05, 3.63) is 48.0 Å². The summed E-state index contributed by atoms with van der Waals surface area (Å²) in [6, 6.07) is 8.29. The van der Waals surface area contributed by atoms with Crippen LogP contribution in [0.2, 0.25) is 0 Å². The molecule has 1 aromatic carbocycles. The Bertz CT molecular complexity index is 895. The highest BCUT2D eigenvalue weighted by atomic mass is 16.5. The average molecular weight is 355 g/mol. The molecular weight excluding hydrogens is 334 g/mol. The van der Waals surface area contributed by atoms with Gasteiger partial charge in [-0.1, -0.05) is 29.8 Å². The van der Waals surface area contributed by atoms with Crippen molar-refractivity contribution in [1.82, 2.24) is 19.5 Å². The average Bonchev–Trinajstić information content (AvgIpc) is 3.24. The summed E-state index contributed by atoms with van der Waals surface area (Å²) in [6.45, 7) is 2.47. The Balaban J connectivity index is 1.56.